The summed E-state index contributed by atoms with van der Waals surface area (Å²) in [4.78, 5) is 16.5. The summed E-state index contributed by atoms with van der Waals surface area (Å²) in [7, 11) is 3.49. The van der Waals surface area contributed by atoms with Crippen LogP contribution in [0.3, 0.4) is 0 Å². The summed E-state index contributed by atoms with van der Waals surface area (Å²) >= 11 is 0. The lowest BCUT2D eigenvalue weighted by Crippen LogP contribution is -2.45. The van der Waals surface area contributed by atoms with Crippen molar-refractivity contribution in [2.45, 2.75) is 45.4 Å². The standard InChI is InChI=1S/C21H34N4O2/c1-4-17-8-7-9-18(14-17)25-19(26)15-23-20(22-2)24-16-21(12-13-27-3)10-5-6-11-21/h7-9,14H,4-6,10-13,15-16H2,1-3H3,(H,25,26)(H2,22,23,24). The predicted molar refractivity (Wildman–Crippen MR) is 111 cm³/mol. The van der Waals surface area contributed by atoms with Crippen LogP contribution in [0.2, 0.25) is 0 Å². The minimum atomic E-state index is -0.0823. The second-order valence-corrected chi connectivity index (χ2v) is 7.33. The maximum Gasteiger partial charge on any atom is 0.243 e. The molecule has 27 heavy (non-hydrogen) atoms. The Morgan fingerprint density at radius 1 is 1.26 bits per heavy atom. The van der Waals surface area contributed by atoms with E-state index in [4.69, 9.17) is 4.74 Å². The molecule has 0 aromatic heterocycles. The van der Waals surface area contributed by atoms with E-state index in [9.17, 15) is 4.79 Å². The molecule has 1 amide bonds. The molecule has 1 aliphatic carbocycles. The van der Waals surface area contributed by atoms with Crippen molar-refractivity contribution in [1.82, 2.24) is 10.6 Å². The second-order valence-electron chi connectivity index (χ2n) is 7.33. The van der Waals surface area contributed by atoms with Crippen molar-refractivity contribution in [2.75, 3.05) is 39.2 Å². The number of benzene rings is 1. The summed E-state index contributed by atoms with van der Waals surface area (Å²) in [6.45, 7) is 3.92. The van der Waals surface area contributed by atoms with Crippen LogP contribution in [0.25, 0.3) is 0 Å². The summed E-state index contributed by atoms with van der Waals surface area (Å²) in [5.41, 5.74) is 2.31. The highest BCUT2D eigenvalue weighted by molar-refractivity contribution is 5.95. The SMILES string of the molecule is CCc1cccc(NC(=O)CNC(=NC)NCC2(CCOC)CCCC2)c1. The van der Waals surface area contributed by atoms with E-state index in [0.29, 0.717) is 5.96 Å². The number of carbonyl (C=O) groups is 1. The molecule has 150 valence electrons. The average Bonchev–Trinajstić information content (AvgIpc) is 3.16. The number of aryl methyl sites for hydroxylation is 1. The lowest BCUT2D eigenvalue weighted by molar-refractivity contribution is -0.115. The van der Waals surface area contributed by atoms with Gasteiger partial charge in [-0.2, -0.15) is 0 Å². The molecule has 0 atom stereocenters. The average molecular weight is 375 g/mol. The van der Waals surface area contributed by atoms with Crippen LogP contribution in [0.15, 0.2) is 29.3 Å². The third-order valence-corrected chi connectivity index (χ3v) is 5.39. The molecule has 6 heteroatoms. The van der Waals surface area contributed by atoms with Gasteiger partial charge in [-0.1, -0.05) is 31.9 Å². The van der Waals surface area contributed by atoms with Gasteiger partial charge in [0.2, 0.25) is 5.91 Å². The molecule has 0 unspecified atom stereocenters. The fourth-order valence-electron chi connectivity index (χ4n) is 3.69. The first-order valence-electron chi connectivity index (χ1n) is 9.93. The number of rotatable bonds is 9. The zero-order chi connectivity index (χ0) is 19.5. The van der Waals surface area contributed by atoms with Gasteiger partial charge in [-0.25, -0.2) is 0 Å². The lowest BCUT2D eigenvalue weighted by atomic mass is 9.83. The van der Waals surface area contributed by atoms with Crippen molar-refractivity contribution in [3.63, 3.8) is 0 Å². The van der Waals surface area contributed by atoms with Gasteiger partial charge in [-0.15, -0.1) is 0 Å². The maximum absolute atomic E-state index is 12.2. The van der Waals surface area contributed by atoms with Crippen molar-refractivity contribution in [3.8, 4) is 0 Å². The van der Waals surface area contributed by atoms with E-state index in [1.165, 1.54) is 31.2 Å². The van der Waals surface area contributed by atoms with Gasteiger partial charge in [0.05, 0.1) is 6.54 Å². The number of amides is 1. The van der Waals surface area contributed by atoms with Crippen molar-refractivity contribution >= 4 is 17.6 Å². The first kappa shape index (κ1) is 21.2. The van der Waals surface area contributed by atoms with E-state index in [0.717, 1.165) is 31.7 Å². The quantitative estimate of drug-likeness (QED) is 0.459. The third-order valence-electron chi connectivity index (χ3n) is 5.39. The summed E-state index contributed by atoms with van der Waals surface area (Å²) in [5.74, 6) is 0.581. The van der Waals surface area contributed by atoms with E-state index in [1.54, 1.807) is 14.2 Å². The number of ether oxygens (including phenoxy) is 1. The molecule has 1 fully saturated rings. The van der Waals surface area contributed by atoms with Gasteiger partial charge in [-0.3, -0.25) is 9.79 Å². The summed E-state index contributed by atoms with van der Waals surface area (Å²) in [5, 5.41) is 9.44. The number of hydrogen-bond donors (Lipinski definition) is 3. The van der Waals surface area contributed by atoms with E-state index >= 15 is 0 Å². The Balaban J connectivity index is 1.79. The van der Waals surface area contributed by atoms with Gasteiger partial charge in [0.25, 0.3) is 0 Å². The van der Waals surface area contributed by atoms with E-state index < -0.39 is 0 Å². The summed E-state index contributed by atoms with van der Waals surface area (Å²) < 4.78 is 5.29. The number of nitrogens with one attached hydrogen (secondary N) is 3. The van der Waals surface area contributed by atoms with Crippen molar-refractivity contribution in [2.24, 2.45) is 10.4 Å². The molecule has 0 bridgehead atoms. The molecule has 1 aromatic rings. The van der Waals surface area contributed by atoms with E-state index in [2.05, 4.69) is 33.9 Å². The molecule has 0 heterocycles. The van der Waals surface area contributed by atoms with Crippen LogP contribution in [0, 0.1) is 5.41 Å². The molecule has 6 nitrogen and oxygen atoms in total. The largest absolute Gasteiger partial charge is 0.385 e. The Bertz CT molecular complexity index is 624. The fraction of sp³-hybridized carbons (Fsp3) is 0.619. The first-order chi connectivity index (χ1) is 13.1. The highest BCUT2D eigenvalue weighted by Gasteiger charge is 2.33. The number of aliphatic imine (C=N–C) groups is 1. The predicted octanol–water partition coefficient (Wildman–Crippen LogP) is 2.95. The number of hydrogen-bond acceptors (Lipinski definition) is 3. The van der Waals surface area contributed by atoms with E-state index in [1.807, 2.05) is 18.2 Å². The molecule has 1 aromatic carbocycles. The molecule has 0 aliphatic heterocycles. The van der Waals surface area contributed by atoms with Crippen LogP contribution in [-0.2, 0) is 16.0 Å². The van der Waals surface area contributed by atoms with Gasteiger partial charge in [0.1, 0.15) is 0 Å². The number of nitrogens with zero attached hydrogens (tertiary/aromatic N) is 1. The van der Waals surface area contributed by atoms with Crippen molar-refractivity contribution in [3.05, 3.63) is 29.8 Å². The Morgan fingerprint density at radius 3 is 2.70 bits per heavy atom. The molecular weight excluding hydrogens is 340 g/mol. The molecule has 3 N–H and O–H groups in total. The zero-order valence-corrected chi connectivity index (χ0v) is 16.9. The van der Waals surface area contributed by atoms with Crippen LogP contribution in [0.5, 0.6) is 0 Å². The minimum absolute atomic E-state index is 0.0823. The van der Waals surface area contributed by atoms with Crippen LogP contribution >= 0.6 is 0 Å². The number of methoxy groups -OCH3 is 1. The van der Waals surface area contributed by atoms with Gasteiger partial charge in [0.15, 0.2) is 5.96 Å². The number of carbonyl (C=O) groups excluding carboxylic acids is 1. The highest BCUT2D eigenvalue weighted by Crippen LogP contribution is 2.40. The molecular formula is C21H34N4O2. The Morgan fingerprint density at radius 2 is 2.04 bits per heavy atom. The molecule has 0 radical (unpaired) electrons. The smallest absolute Gasteiger partial charge is 0.243 e. The second kappa shape index (κ2) is 10.9. The van der Waals surface area contributed by atoms with Gasteiger partial charge < -0.3 is 20.7 Å². The lowest BCUT2D eigenvalue weighted by Gasteiger charge is -2.29. The number of anilines is 1. The van der Waals surface area contributed by atoms with Crippen LogP contribution in [0.1, 0.15) is 44.6 Å². The zero-order valence-electron chi connectivity index (χ0n) is 16.9. The van der Waals surface area contributed by atoms with Crippen LogP contribution in [0.4, 0.5) is 5.69 Å². The van der Waals surface area contributed by atoms with Gasteiger partial charge in [-0.05, 0) is 48.8 Å². The minimum Gasteiger partial charge on any atom is -0.385 e. The summed E-state index contributed by atoms with van der Waals surface area (Å²) in [6, 6.07) is 7.93. The van der Waals surface area contributed by atoms with Crippen LogP contribution in [-0.4, -0.2) is 45.7 Å². The Hall–Kier alpha value is -2.08. The molecule has 1 saturated carbocycles. The summed E-state index contributed by atoms with van der Waals surface area (Å²) in [6.07, 6.45) is 6.99. The molecule has 1 aliphatic rings. The highest BCUT2D eigenvalue weighted by atomic mass is 16.5. The Labute approximate surface area is 163 Å². The van der Waals surface area contributed by atoms with Crippen molar-refractivity contribution < 1.29 is 9.53 Å². The Kier molecular flexibility index (Phi) is 8.58. The van der Waals surface area contributed by atoms with Crippen LogP contribution < -0.4 is 16.0 Å². The fourth-order valence-corrected chi connectivity index (χ4v) is 3.69. The third kappa shape index (κ3) is 6.86. The van der Waals surface area contributed by atoms with E-state index in [-0.39, 0.29) is 17.9 Å². The normalized spacial score (nSPS) is 16.2. The van der Waals surface area contributed by atoms with Gasteiger partial charge in [0, 0.05) is 33.0 Å². The maximum atomic E-state index is 12.2. The molecule has 2 rings (SSSR count). The van der Waals surface area contributed by atoms with Gasteiger partial charge >= 0.3 is 0 Å². The molecule has 0 spiro atoms. The van der Waals surface area contributed by atoms with Crippen molar-refractivity contribution in [1.29, 1.82) is 0 Å². The first-order valence-corrected chi connectivity index (χ1v) is 9.93. The topological polar surface area (TPSA) is 74.8 Å². The monoisotopic (exact) mass is 374 g/mol. The number of guanidine groups is 1. The molecule has 0 saturated heterocycles.